The first-order chi connectivity index (χ1) is 13.6. The van der Waals surface area contributed by atoms with Crippen LogP contribution in [0.3, 0.4) is 0 Å². The average molecular weight is 400 g/mol. The van der Waals surface area contributed by atoms with E-state index in [1.54, 1.807) is 17.6 Å². The van der Waals surface area contributed by atoms with E-state index in [-0.39, 0.29) is 24.9 Å². The molecule has 7 heteroatoms. The molecule has 0 saturated carbocycles. The molecule has 5 nitrogen and oxygen atoms in total. The van der Waals surface area contributed by atoms with Crippen molar-refractivity contribution in [1.82, 2.24) is 4.57 Å². The molecule has 146 valence electrons. The summed E-state index contributed by atoms with van der Waals surface area (Å²) in [5.74, 6) is -1.07. The summed E-state index contributed by atoms with van der Waals surface area (Å²) >= 11 is 1.18. The van der Waals surface area contributed by atoms with E-state index in [4.69, 9.17) is 4.74 Å². The van der Waals surface area contributed by atoms with Crippen LogP contribution in [0.2, 0.25) is 0 Å². The zero-order chi connectivity index (χ0) is 19.9. The van der Waals surface area contributed by atoms with Crippen LogP contribution in [-0.4, -0.2) is 23.1 Å². The van der Waals surface area contributed by atoms with Gasteiger partial charge < -0.3 is 9.30 Å². The molecule has 0 unspecified atom stereocenters. The van der Waals surface area contributed by atoms with Gasteiger partial charge in [-0.15, -0.1) is 0 Å². The van der Waals surface area contributed by atoms with E-state index in [1.165, 1.54) is 29.0 Å². The number of esters is 1. The minimum Gasteiger partial charge on any atom is -0.465 e. The first-order valence-corrected chi connectivity index (χ1v) is 9.94. The van der Waals surface area contributed by atoms with Gasteiger partial charge in [-0.1, -0.05) is 41.7 Å². The van der Waals surface area contributed by atoms with Gasteiger partial charge in [-0.25, -0.2) is 4.39 Å². The molecule has 1 amide bonds. The molecule has 0 aliphatic rings. The number of thiazole rings is 1. The number of halogens is 1. The molecule has 28 heavy (non-hydrogen) atoms. The van der Waals surface area contributed by atoms with Gasteiger partial charge >= 0.3 is 5.97 Å². The number of rotatable bonds is 7. The lowest BCUT2D eigenvalue weighted by molar-refractivity contribution is -0.143. The number of ether oxygens (including phenoxy) is 1. The number of hydrogen-bond donors (Lipinski definition) is 0. The van der Waals surface area contributed by atoms with E-state index >= 15 is 0 Å². The molecule has 3 rings (SSSR count). The summed E-state index contributed by atoms with van der Waals surface area (Å²) in [7, 11) is 0. The van der Waals surface area contributed by atoms with Gasteiger partial charge in [0.05, 0.1) is 16.8 Å². The number of nitrogens with zero attached hydrogens (tertiary/aromatic N) is 2. The predicted molar refractivity (Wildman–Crippen MR) is 106 cm³/mol. The summed E-state index contributed by atoms with van der Waals surface area (Å²) in [6.45, 7) is 1.92. The van der Waals surface area contributed by atoms with Crippen LogP contribution >= 0.6 is 11.3 Å². The predicted octanol–water partition coefficient (Wildman–Crippen LogP) is 3.86. The van der Waals surface area contributed by atoms with Crippen molar-refractivity contribution in [2.75, 3.05) is 6.61 Å². The Morgan fingerprint density at radius 3 is 2.71 bits per heavy atom. The van der Waals surface area contributed by atoms with Crippen LogP contribution < -0.4 is 4.80 Å². The molecule has 1 aromatic heterocycles. The lowest BCUT2D eigenvalue weighted by atomic mass is 10.1. The first-order valence-electron chi connectivity index (χ1n) is 9.13. The third kappa shape index (κ3) is 5.13. The number of aryl methyl sites for hydroxylation is 1. The van der Waals surface area contributed by atoms with E-state index in [0.29, 0.717) is 27.9 Å². The Balaban J connectivity index is 1.81. The Morgan fingerprint density at radius 1 is 1.18 bits per heavy atom. The lowest BCUT2D eigenvalue weighted by Gasteiger charge is -2.05. The van der Waals surface area contributed by atoms with E-state index in [9.17, 15) is 14.0 Å². The fourth-order valence-electron chi connectivity index (χ4n) is 2.87. The van der Waals surface area contributed by atoms with Gasteiger partial charge in [0.25, 0.3) is 0 Å². The van der Waals surface area contributed by atoms with Crippen molar-refractivity contribution in [3.8, 4) is 0 Å². The Hall–Kier alpha value is -2.80. The topological polar surface area (TPSA) is 60.7 Å². The number of aromatic nitrogens is 1. The molecule has 0 atom stereocenters. The SMILES string of the molecule is CCOC(=O)Cn1c(=NC(=O)CCCc2ccccc2)sc2cc(F)ccc21. The maximum absolute atomic E-state index is 13.6. The van der Waals surface area contributed by atoms with Crippen LogP contribution in [0.4, 0.5) is 4.39 Å². The minimum absolute atomic E-state index is 0.0738. The Labute approximate surface area is 166 Å². The smallest absolute Gasteiger partial charge is 0.326 e. The van der Waals surface area contributed by atoms with Crippen molar-refractivity contribution in [3.63, 3.8) is 0 Å². The highest BCUT2D eigenvalue weighted by Crippen LogP contribution is 2.19. The molecule has 0 radical (unpaired) electrons. The van der Waals surface area contributed by atoms with Crippen molar-refractivity contribution < 1.29 is 18.7 Å². The second-order valence-corrected chi connectivity index (χ2v) is 7.24. The van der Waals surface area contributed by atoms with Crippen LogP contribution in [0.25, 0.3) is 10.2 Å². The van der Waals surface area contributed by atoms with Gasteiger partial charge in [0, 0.05) is 6.42 Å². The van der Waals surface area contributed by atoms with E-state index < -0.39 is 5.97 Å². The number of amides is 1. The largest absolute Gasteiger partial charge is 0.465 e. The summed E-state index contributed by atoms with van der Waals surface area (Å²) in [5.41, 5.74) is 1.82. The zero-order valence-corrected chi connectivity index (χ0v) is 16.4. The molecule has 3 aromatic rings. The lowest BCUT2D eigenvalue weighted by Crippen LogP contribution is -2.23. The molecular formula is C21H21FN2O3S. The Bertz CT molecular complexity index is 1040. The number of carbonyl (C=O) groups is 2. The van der Waals surface area contributed by atoms with Crippen molar-refractivity contribution in [3.05, 3.63) is 64.7 Å². The molecule has 0 aliphatic carbocycles. The maximum Gasteiger partial charge on any atom is 0.326 e. The second-order valence-electron chi connectivity index (χ2n) is 6.23. The van der Waals surface area contributed by atoms with Crippen molar-refractivity contribution in [2.24, 2.45) is 4.99 Å². The molecule has 0 N–H and O–H groups in total. The normalized spacial score (nSPS) is 11.7. The first kappa shape index (κ1) is 19.9. The quantitative estimate of drug-likeness (QED) is 0.566. The molecular weight excluding hydrogens is 379 g/mol. The number of fused-ring (bicyclic) bond motifs is 1. The number of hydrogen-bond acceptors (Lipinski definition) is 4. The Morgan fingerprint density at radius 2 is 1.96 bits per heavy atom. The van der Waals surface area contributed by atoms with E-state index in [2.05, 4.69) is 4.99 Å². The molecule has 0 saturated heterocycles. The van der Waals surface area contributed by atoms with Crippen LogP contribution in [0, 0.1) is 5.82 Å². The van der Waals surface area contributed by atoms with Crippen molar-refractivity contribution in [1.29, 1.82) is 0 Å². The maximum atomic E-state index is 13.6. The fraction of sp³-hybridized carbons (Fsp3) is 0.286. The third-order valence-electron chi connectivity index (χ3n) is 4.16. The van der Waals surface area contributed by atoms with E-state index in [1.807, 2.05) is 30.3 Å². The summed E-state index contributed by atoms with van der Waals surface area (Å²) in [6.07, 6.45) is 1.78. The van der Waals surface area contributed by atoms with Crippen LogP contribution in [-0.2, 0) is 27.3 Å². The van der Waals surface area contributed by atoms with Gasteiger partial charge in [0.15, 0.2) is 4.80 Å². The molecule has 0 spiro atoms. The minimum atomic E-state index is -0.426. The highest BCUT2D eigenvalue weighted by Gasteiger charge is 2.13. The highest BCUT2D eigenvalue weighted by atomic mass is 32.1. The van der Waals surface area contributed by atoms with Crippen molar-refractivity contribution in [2.45, 2.75) is 32.7 Å². The molecule has 0 bridgehead atoms. The van der Waals surface area contributed by atoms with Crippen LogP contribution in [0.1, 0.15) is 25.3 Å². The summed E-state index contributed by atoms with van der Waals surface area (Å²) < 4.78 is 20.8. The van der Waals surface area contributed by atoms with Crippen LogP contribution in [0.5, 0.6) is 0 Å². The molecule has 0 fully saturated rings. The van der Waals surface area contributed by atoms with Gasteiger partial charge in [-0.05, 0) is 43.5 Å². The van der Waals surface area contributed by atoms with Gasteiger partial charge in [0.1, 0.15) is 12.4 Å². The molecule has 0 aliphatic heterocycles. The molecule has 1 heterocycles. The van der Waals surface area contributed by atoms with Gasteiger partial charge in [0.2, 0.25) is 5.91 Å². The molecule has 2 aromatic carbocycles. The van der Waals surface area contributed by atoms with Gasteiger partial charge in [-0.2, -0.15) is 4.99 Å². The van der Waals surface area contributed by atoms with Gasteiger partial charge in [-0.3, -0.25) is 9.59 Å². The summed E-state index contributed by atoms with van der Waals surface area (Å²) in [4.78, 5) is 28.9. The summed E-state index contributed by atoms with van der Waals surface area (Å²) in [5, 5.41) is 0. The standard InChI is InChI=1S/C21H21FN2O3S/c1-2-27-20(26)14-24-17-12-11-16(22)13-18(17)28-21(24)23-19(25)10-6-9-15-7-4-3-5-8-15/h3-5,7-8,11-13H,2,6,9-10,14H2,1H3. The summed E-state index contributed by atoms with van der Waals surface area (Å²) in [6, 6.07) is 14.2. The van der Waals surface area contributed by atoms with Crippen molar-refractivity contribution >= 4 is 33.4 Å². The van der Waals surface area contributed by atoms with E-state index in [0.717, 1.165) is 6.42 Å². The van der Waals surface area contributed by atoms with Crippen LogP contribution in [0.15, 0.2) is 53.5 Å². The number of carbonyl (C=O) groups excluding carboxylic acids is 2. The average Bonchev–Trinajstić information content (AvgIpc) is 2.98. The number of benzene rings is 2. The zero-order valence-electron chi connectivity index (χ0n) is 15.6. The second kappa shape index (κ2) is 9.41. The monoisotopic (exact) mass is 400 g/mol. The third-order valence-corrected chi connectivity index (χ3v) is 5.20. The fourth-order valence-corrected chi connectivity index (χ4v) is 3.94. The Kier molecular flexibility index (Phi) is 6.71. The highest BCUT2D eigenvalue weighted by molar-refractivity contribution is 7.16.